The van der Waals surface area contributed by atoms with Crippen LogP contribution >= 0.6 is 0 Å². The van der Waals surface area contributed by atoms with Gasteiger partial charge >= 0.3 is 23.1 Å². The fraction of sp³-hybridized carbons (Fsp3) is 0.667. The number of nitrogens with one attached hydrogen (secondary N) is 1. The number of halogens is 1. The molecule has 268 valence electrons. The van der Waals surface area contributed by atoms with E-state index >= 15 is 0 Å². The number of aryl methyl sites for hydroxylation is 2. The standard InChI is InChI=1S/C15H22O3.C13H19NO2.C4H9NO.C4H8NO.BrH.Mg/c1-2-7-14(8-3-1)9-6-12-17-18-13-15-10-4-5-11-16-15;1-2-5-13(6-3-1)7-4-10-16-14-8-11-15-12-9-14;2*1-3-6-4-2-5-1;;/h1-3,7-8,15H,4-6,9-13H2;1-3,5-6H,4,7-12H2;5H,1-4H2;1-4H2;1H;/q;;;-1;;+2/p-1. The summed E-state index contributed by atoms with van der Waals surface area (Å²) in [6.45, 7) is 13.5. The molecule has 0 saturated carbocycles. The smallest absolute Gasteiger partial charge is 1.00 e. The predicted molar refractivity (Wildman–Crippen MR) is 187 cm³/mol. The summed E-state index contributed by atoms with van der Waals surface area (Å²) in [4.78, 5) is 16.0. The van der Waals surface area contributed by atoms with E-state index in [0.29, 0.717) is 13.2 Å². The largest absolute Gasteiger partial charge is 2.00 e. The van der Waals surface area contributed by atoms with Crippen molar-refractivity contribution in [3.63, 3.8) is 0 Å². The molecule has 4 heterocycles. The third kappa shape index (κ3) is 25.3. The van der Waals surface area contributed by atoms with Gasteiger partial charge in [0.1, 0.15) is 6.61 Å². The average Bonchev–Trinajstić information content (AvgIpc) is 3.16. The van der Waals surface area contributed by atoms with Crippen LogP contribution in [0.25, 0.3) is 5.32 Å². The Morgan fingerprint density at radius 1 is 0.688 bits per heavy atom. The molecular weight excluding hydrogens is 691 g/mol. The van der Waals surface area contributed by atoms with Crippen molar-refractivity contribution in [2.24, 2.45) is 0 Å². The van der Waals surface area contributed by atoms with Gasteiger partial charge in [-0.3, -0.25) is 4.84 Å². The Kier molecular flexibility index (Phi) is 31.6. The van der Waals surface area contributed by atoms with Crippen molar-refractivity contribution >= 4 is 23.1 Å². The first-order valence-corrected chi connectivity index (χ1v) is 17.3. The van der Waals surface area contributed by atoms with Gasteiger partial charge in [-0.25, -0.2) is 9.78 Å². The maximum absolute atomic E-state index is 5.66. The van der Waals surface area contributed by atoms with Gasteiger partial charge in [0.05, 0.1) is 45.7 Å². The number of nitrogens with zero attached hydrogens (tertiary/aromatic N) is 2. The van der Waals surface area contributed by atoms with Gasteiger partial charge in [0.2, 0.25) is 0 Å². The molecule has 48 heavy (non-hydrogen) atoms. The van der Waals surface area contributed by atoms with Crippen molar-refractivity contribution in [1.29, 1.82) is 0 Å². The maximum atomic E-state index is 5.66. The molecule has 1 N–H and O–H groups in total. The van der Waals surface area contributed by atoms with Crippen molar-refractivity contribution in [2.45, 2.75) is 51.0 Å². The van der Waals surface area contributed by atoms with Gasteiger partial charge in [-0.15, -0.1) is 13.1 Å². The van der Waals surface area contributed by atoms with E-state index in [9.17, 15) is 0 Å². The molecule has 2 aromatic carbocycles. The van der Waals surface area contributed by atoms with Crippen molar-refractivity contribution in [2.75, 3.05) is 105 Å². The molecule has 4 fully saturated rings. The molecule has 10 nitrogen and oxygen atoms in total. The van der Waals surface area contributed by atoms with Crippen LogP contribution in [0.5, 0.6) is 0 Å². The fourth-order valence-corrected chi connectivity index (χ4v) is 4.88. The summed E-state index contributed by atoms with van der Waals surface area (Å²) in [5.74, 6) is 0. The molecule has 4 aliphatic heterocycles. The van der Waals surface area contributed by atoms with Crippen molar-refractivity contribution < 1.29 is 50.5 Å². The van der Waals surface area contributed by atoms with E-state index in [1.165, 1.54) is 24.0 Å². The molecule has 0 spiro atoms. The zero-order chi connectivity index (χ0) is 32.0. The number of hydroxylamine groups is 2. The molecule has 6 rings (SSSR count). The van der Waals surface area contributed by atoms with Crippen molar-refractivity contribution in [3.05, 3.63) is 77.1 Å². The molecule has 0 amide bonds. The minimum absolute atomic E-state index is 0. The first-order valence-electron chi connectivity index (χ1n) is 17.3. The van der Waals surface area contributed by atoms with Gasteiger partial charge in [0.25, 0.3) is 0 Å². The van der Waals surface area contributed by atoms with Crippen LogP contribution in [0.2, 0.25) is 0 Å². The molecule has 4 saturated heterocycles. The van der Waals surface area contributed by atoms with Crippen LogP contribution in [-0.2, 0) is 46.4 Å². The Hall–Kier alpha value is -0.714. The Morgan fingerprint density at radius 3 is 1.75 bits per heavy atom. The Morgan fingerprint density at radius 2 is 1.27 bits per heavy atom. The number of morpholine rings is 3. The van der Waals surface area contributed by atoms with Crippen LogP contribution in [0.3, 0.4) is 0 Å². The van der Waals surface area contributed by atoms with Gasteiger partial charge in [-0.2, -0.15) is 5.06 Å². The summed E-state index contributed by atoms with van der Waals surface area (Å²) >= 11 is 0. The SMILES string of the molecule is C1COCCN1.C1COCC[N-]1.[Br-].[Mg+2].c1ccc(CCCON2CCOCC2)cc1.c1ccc(CCCOOCC2CCCCO2)cc1. The van der Waals surface area contributed by atoms with Crippen LogP contribution < -0.4 is 22.3 Å². The minimum Gasteiger partial charge on any atom is -1.00 e. The first-order chi connectivity index (χ1) is 22.9. The van der Waals surface area contributed by atoms with Gasteiger partial charge in [-0.05, 0) is 56.1 Å². The third-order valence-corrected chi connectivity index (χ3v) is 7.48. The van der Waals surface area contributed by atoms with Gasteiger partial charge in [-0.1, -0.05) is 60.7 Å². The minimum atomic E-state index is 0. The molecule has 0 bridgehead atoms. The van der Waals surface area contributed by atoms with Gasteiger partial charge in [0.15, 0.2) is 0 Å². The van der Waals surface area contributed by atoms with E-state index in [2.05, 4.69) is 59.2 Å². The molecule has 0 radical (unpaired) electrons. The molecule has 1 atom stereocenters. The van der Waals surface area contributed by atoms with Crippen molar-refractivity contribution in [3.8, 4) is 0 Å². The molecule has 4 aliphatic rings. The van der Waals surface area contributed by atoms with E-state index in [1.54, 1.807) is 0 Å². The fourth-order valence-electron chi connectivity index (χ4n) is 4.88. The Bertz CT molecular complexity index is 887. The van der Waals surface area contributed by atoms with E-state index < -0.39 is 0 Å². The monoisotopic (exact) mass is 747 g/mol. The summed E-state index contributed by atoms with van der Waals surface area (Å²) in [6, 6.07) is 21.0. The number of ether oxygens (including phenoxy) is 4. The summed E-state index contributed by atoms with van der Waals surface area (Å²) in [5, 5.41) is 9.22. The van der Waals surface area contributed by atoms with Gasteiger partial charge < -0.3 is 46.6 Å². The van der Waals surface area contributed by atoms with E-state index in [-0.39, 0.29) is 46.1 Å². The normalized spacial score (nSPS) is 19.3. The molecule has 2 aromatic rings. The third-order valence-electron chi connectivity index (χ3n) is 7.48. The molecule has 0 aliphatic carbocycles. The van der Waals surface area contributed by atoms with E-state index in [0.717, 1.165) is 124 Å². The maximum Gasteiger partial charge on any atom is 2.00 e. The predicted octanol–water partition coefficient (Wildman–Crippen LogP) is 1.64. The number of hydrogen-bond acceptors (Lipinski definition) is 9. The topological polar surface area (TPSA) is 94.0 Å². The van der Waals surface area contributed by atoms with Gasteiger partial charge in [0, 0.05) is 46.0 Å². The molecule has 0 aromatic heterocycles. The second kappa shape index (κ2) is 33.4. The van der Waals surface area contributed by atoms with Crippen LogP contribution in [0.1, 0.15) is 43.2 Å². The molecule has 1 unspecified atom stereocenters. The summed E-state index contributed by atoms with van der Waals surface area (Å²) < 4.78 is 20.8. The van der Waals surface area contributed by atoms with Crippen molar-refractivity contribution in [1.82, 2.24) is 10.4 Å². The number of hydrogen-bond donors (Lipinski definition) is 1. The quantitative estimate of drug-likeness (QED) is 0.151. The Balaban J connectivity index is 0.000000348. The zero-order valence-electron chi connectivity index (χ0n) is 29.0. The second-order valence-electron chi connectivity index (χ2n) is 11.3. The summed E-state index contributed by atoms with van der Waals surface area (Å²) in [7, 11) is 0. The van der Waals surface area contributed by atoms with Crippen LogP contribution in [0.4, 0.5) is 0 Å². The van der Waals surface area contributed by atoms with Crippen LogP contribution in [0, 0.1) is 0 Å². The van der Waals surface area contributed by atoms with Crippen LogP contribution in [0.15, 0.2) is 60.7 Å². The Labute approximate surface area is 316 Å². The first kappa shape index (κ1) is 45.3. The second-order valence-corrected chi connectivity index (χ2v) is 11.3. The summed E-state index contributed by atoms with van der Waals surface area (Å²) in [6.07, 6.45) is 7.91. The zero-order valence-corrected chi connectivity index (χ0v) is 32.0. The van der Waals surface area contributed by atoms with E-state index in [4.69, 9.17) is 33.6 Å². The number of rotatable bonds is 12. The summed E-state index contributed by atoms with van der Waals surface area (Å²) in [5.41, 5.74) is 2.73. The van der Waals surface area contributed by atoms with E-state index in [1.807, 2.05) is 17.2 Å². The number of benzene rings is 2. The molecular formula is C36H58BrMgN3O7. The molecule has 12 heteroatoms. The average molecular weight is 749 g/mol. The van der Waals surface area contributed by atoms with Crippen LogP contribution in [-0.4, -0.2) is 140 Å².